The molecule has 0 aromatic heterocycles. The van der Waals surface area contributed by atoms with Crippen LogP contribution in [0.2, 0.25) is 0 Å². The summed E-state index contributed by atoms with van der Waals surface area (Å²) in [5.74, 6) is 0.390. The van der Waals surface area contributed by atoms with Crippen molar-refractivity contribution in [1.29, 1.82) is 0 Å². The first kappa shape index (κ1) is 15.5. The quantitative estimate of drug-likeness (QED) is 0.590. The van der Waals surface area contributed by atoms with Crippen molar-refractivity contribution in [1.82, 2.24) is 4.90 Å². The van der Waals surface area contributed by atoms with Crippen molar-refractivity contribution in [3.05, 3.63) is 35.9 Å². The summed E-state index contributed by atoms with van der Waals surface area (Å²) in [6, 6.07) is 9.49. The Labute approximate surface area is 120 Å². The molecule has 0 heterocycles. The first-order valence-electron chi connectivity index (χ1n) is 6.40. The number of carbonyl (C=O) groups is 1. The van der Waals surface area contributed by atoms with Crippen LogP contribution in [-0.2, 0) is 11.3 Å². The van der Waals surface area contributed by atoms with Gasteiger partial charge in [-0.05, 0) is 30.1 Å². The summed E-state index contributed by atoms with van der Waals surface area (Å²) >= 11 is 4.63. The molecule has 0 aliphatic carbocycles. The van der Waals surface area contributed by atoms with Crippen LogP contribution in [0.15, 0.2) is 35.3 Å². The lowest BCUT2D eigenvalue weighted by Gasteiger charge is -2.22. The van der Waals surface area contributed by atoms with Crippen LogP contribution in [-0.4, -0.2) is 29.1 Å². The molecule has 1 aromatic carbocycles. The fourth-order valence-electron chi connectivity index (χ4n) is 1.91. The molecule has 1 atom stereocenters. The number of amides is 1. The predicted octanol–water partition coefficient (Wildman–Crippen LogP) is 3.16. The van der Waals surface area contributed by atoms with Crippen LogP contribution < -0.4 is 0 Å². The lowest BCUT2D eigenvalue weighted by atomic mass is 10.0. The third kappa shape index (κ3) is 5.33. The number of thiocarbonyl (C=S) groups is 1. The Balaban J connectivity index is 2.70. The number of isothiocyanates is 1. The van der Waals surface area contributed by atoms with Crippen molar-refractivity contribution in [3.63, 3.8) is 0 Å². The minimum absolute atomic E-state index is 0.00472. The zero-order chi connectivity index (χ0) is 14.3. The zero-order valence-corrected chi connectivity index (χ0v) is 12.5. The zero-order valence-electron chi connectivity index (χ0n) is 11.7. The Morgan fingerprint density at radius 2 is 2.00 bits per heavy atom. The topological polar surface area (TPSA) is 32.7 Å². The van der Waals surface area contributed by atoms with E-state index in [4.69, 9.17) is 0 Å². The van der Waals surface area contributed by atoms with Gasteiger partial charge in [-0.25, -0.2) is 4.99 Å². The van der Waals surface area contributed by atoms with Gasteiger partial charge >= 0.3 is 0 Å². The first-order valence-corrected chi connectivity index (χ1v) is 6.81. The molecule has 3 nitrogen and oxygen atoms in total. The normalized spacial score (nSPS) is 11.8. The standard InChI is InChI=1S/C15H20N2OS/c1-12(2)9-14(16-11-19)15(18)17(3)10-13-7-5-4-6-8-13/h4-8,12,14H,9-10H2,1-3H3. The van der Waals surface area contributed by atoms with Gasteiger partial charge in [0.05, 0.1) is 5.16 Å². The van der Waals surface area contributed by atoms with Crippen molar-refractivity contribution in [3.8, 4) is 0 Å². The lowest BCUT2D eigenvalue weighted by molar-refractivity contribution is -0.132. The van der Waals surface area contributed by atoms with E-state index in [2.05, 4.69) is 36.2 Å². The van der Waals surface area contributed by atoms with Crippen molar-refractivity contribution in [2.75, 3.05) is 7.05 Å². The molecule has 19 heavy (non-hydrogen) atoms. The van der Waals surface area contributed by atoms with Gasteiger partial charge in [0.15, 0.2) is 0 Å². The molecule has 1 unspecified atom stereocenters. The molecular weight excluding hydrogens is 256 g/mol. The molecule has 0 bridgehead atoms. The maximum atomic E-state index is 12.3. The summed E-state index contributed by atoms with van der Waals surface area (Å²) in [7, 11) is 1.79. The van der Waals surface area contributed by atoms with Crippen LogP contribution >= 0.6 is 12.2 Å². The van der Waals surface area contributed by atoms with Crippen LogP contribution in [0.25, 0.3) is 0 Å². The van der Waals surface area contributed by atoms with Gasteiger partial charge in [-0.1, -0.05) is 44.2 Å². The second kappa shape index (κ2) is 7.82. The molecule has 0 saturated heterocycles. The molecule has 0 N–H and O–H groups in total. The number of nitrogens with zero attached hydrogens (tertiary/aromatic N) is 2. The Kier molecular flexibility index (Phi) is 6.40. The van der Waals surface area contributed by atoms with E-state index in [-0.39, 0.29) is 5.91 Å². The Hall–Kier alpha value is -1.51. The highest BCUT2D eigenvalue weighted by atomic mass is 32.1. The van der Waals surface area contributed by atoms with Crippen molar-refractivity contribution >= 4 is 23.3 Å². The first-order chi connectivity index (χ1) is 9.04. The second-order valence-electron chi connectivity index (χ2n) is 5.05. The van der Waals surface area contributed by atoms with Gasteiger partial charge in [0.2, 0.25) is 5.91 Å². The molecule has 0 aliphatic heterocycles. The van der Waals surface area contributed by atoms with Crippen LogP contribution in [0.5, 0.6) is 0 Å². The SMILES string of the molecule is CC(C)CC(N=C=S)C(=O)N(C)Cc1ccccc1. The summed E-state index contributed by atoms with van der Waals surface area (Å²) in [5, 5.41) is 2.33. The molecule has 4 heteroatoms. The Morgan fingerprint density at radius 3 is 2.53 bits per heavy atom. The number of hydrogen-bond acceptors (Lipinski definition) is 3. The van der Waals surface area contributed by atoms with E-state index >= 15 is 0 Å². The molecule has 0 aliphatic rings. The Bertz CT molecular complexity index is 452. The average molecular weight is 276 g/mol. The Morgan fingerprint density at radius 1 is 1.37 bits per heavy atom. The number of likely N-dealkylation sites (N-methyl/N-ethyl adjacent to an activating group) is 1. The van der Waals surface area contributed by atoms with E-state index in [1.807, 2.05) is 30.3 Å². The van der Waals surface area contributed by atoms with Crippen LogP contribution in [0.4, 0.5) is 0 Å². The minimum atomic E-state index is -0.411. The molecule has 0 spiro atoms. The smallest absolute Gasteiger partial charge is 0.248 e. The van der Waals surface area contributed by atoms with Crippen LogP contribution in [0.1, 0.15) is 25.8 Å². The predicted molar refractivity (Wildman–Crippen MR) is 81.2 cm³/mol. The summed E-state index contributed by atoms with van der Waals surface area (Å²) in [4.78, 5) is 18.0. The number of aliphatic imine (C=N–C) groups is 1. The second-order valence-corrected chi connectivity index (χ2v) is 5.23. The molecule has 0 saturated carbocycles. The van der Waals surface area contributed by atoms with E-state index in [0.29, 0.717) is 18.9 Å². The van der Waals surface area contributed by atoms with E-state index in [1.165, 1.54) is 0 Å². The van der Waals surface area contributed by atoms with E-state index < -0.39 is 6.04 Å². The fourth-order valence-corrected chi connectivity index (χ4v) is 2.04. The summed E-state index contributed by atoms with van der Waals surface area (Å²) in [5.41, 5.74) is 1.10. The summed E-state index contributed by atoms with van der Waals surface area (Å²) in [6.07, 6.45) is 0.696. The van der Waals surface area contributed by atoms with Crippen molar-refractivity contribution in [2.24, 2.45) is 10.9 Å². The minimum Gasteiger partial charge on any atom is -0.340 e. The van der Waals surface area contributed by atoms with Gasteiger partial charge < -0.3 is 4.90 Å². The number of carbonyl (C=O) groups excluding carboxylic acids is 1. The van der Waals surface area contributed by atoms with Crippen molar-refractivity contribution in [2.45, 2.75) is 32.9 Å². The maximum Gasteiger partial charge on any atom is 0.248 e. The maximum absolute atomic E-state index is 12.3. The monoisotopic (exact) mass is 276 g/mol. The highest BCUT2D eigenvalue weighted by Crippen LogP contribution is 2.12. The third-order valence-electron chi connectivity index (χ3n) is 2.83. The number of benzene rings is 1. The molecule has 102 valence electrons. The molecular formula is C15H20N2OS. The van der Waals surface area contributed by atoms with Crippen LogP contribution in [0, 0.1) is 5.92 Å². The largest absolute Gasteiger partial charge is 0.340 e. The molecule has 0 fully saturated rings. The molecule has 1 aromatic rings. The van der Waals surface area contributed by atoms with Gasteiger partial charge in [-0.2, -0.15) is 0 Å². The highest BCUT2D eigenvalue weighted by Gasteiger charge is 2.22. The van der Waals surface area contributed by atoms with Gasteiger partial charge in [-0.3, -0.25) is 4.79 Å². The van der Waals surface area contributed by atoms with Crippen molar-refractivity contribution < 1.29 is 4.79 Å². The van der Waals surface area contributed by atoms with E-state index in [0.717, 1.165) is 5.56 Å². The number of rotatable bonds is 6. The lowest BCUT2D eigenvalue weighted by Crippen LogP contribution is -2.35. The van der Waals surface area contributed by atoms with Gasteiger partial charge in [-0.15, -0.1) is 0 Å². The molecule has 0 radical (unpaired) electrons. The number of hydrogen-bond donors (Lipinski definition) is 0. The van der Waals surface area contributed by atoms with E-state index in [1.54, 1.807) is 11.9 Å². The van der Waals surface area contributed by atoms with Gasteiger partial charge in [0, 0.05) is 13.6 Å². The average Bonchev–Trinajstić information content (AvgIpc) is 2.38. The molecule has 1 amide bonds. The van der Waals surface area contributed by atoms with Crippen LogP contribution in [0.3, 0.4) is 0 Å². The highest BCUT2D eigenvalue weighted by molar-refractivity contribution is 7.78. The fraction of sp³-hybridized carbons (Fsp3) is 0.467. The van der Waals surface area contributed by atoms with E-state index in [9.17, 15) is 4.79 Å². The third-order valence-corrected chi connectivity index (χ3v) is 2.93. The van der Waals surface area contributed by atoms with Gasteiger partial charge in [0.1, 0.15) is 6.04 Å². The van der Waals surface area contributed by atoms with Gasteiger partial charge in [0.25, 0.3) is 0 Å². The summed E-state index contributed by atoms with van der Waals surface area (Å²) in [6.45, 7) is 4.72. The summed E-state index contributed by atoms with van der Waals surface area (Å²) < 4.78 is 0. The molecule has 1 rings (SSSR count).